The summed E-state index contributed by atoms with van der Waals surface area (Å²) in [6, 6.07) is 5.07. The van der Waals surface area contributed by atoms with Gasteiger partial charge in [0.15, 0.2) is 0 Å². The summed E-state index contributed by atoms with van der Waals surface area (Å²) in [7, 11) is 0. The van der Waals surface area contributed by atoms with Crippen molar-refractivity contribution in [3.63, 3.8) is 0 Å². The summed E-state index contributed by atoms with van der Waals surface area (Å²) in [6.45, 7) is 3.76. The minimum Gasteiger partial charge on any atom is -0.395 e. The van der Waals surface area contributed by atoms with Gasteiger partial charge in [-0.05, 0) is 12.1 Å². The Bertz CT molecular complexity index is 473. The Morgan fingerprint density at radius 2 is 2.11 bits per heavy atom. The summed E-state index contributed by atoms with van der Waals surface area (Å²) in [6.07, 6.45) is 0.414. The van der Waals surface area contributed by atoms with Gasteiger partial charge in [-0.1, -0.05) is 17.9 Å². The molecule has 1 aliphatic rings. The van der Waals surface area contributed by atoms with Crippen molar-refractivity contribution in [3.8, 4) is 11.8 Å². The lowest BCUT2D eigenvalue weighted by atomic mass is 10.1. The first-order valence-corrected chi connectivity index (χ1v) is 6.48. The Morgan fingerprint density at radius 3 is 2.79 bits per heavy atom. The molecule has 0 amide bonds. The zero-order valence-corrected chi connectivity index (χ0v) is 10.9. The van der Waals surface area contributed by atoms with Crippen LogP contribution in [0.1, 0.15) is 17.5 Å². The number of ether oxygens (including phenoxy) is 1. The molecular formula is C15H18FNO2. The molecule has 0 atom stereocenters. The van der Waals surface area contributed by atoms with Crippen molar-refractivity contribution >= 4 is 0 Å². The Labute approximate surface area is 113 Å². The van der Waals surface area contributed by atoms with Gasteiger partial charge in [0.25, 0.3) is 0 Å². The van der Waals surface area contributed by atoms with Gasteiger partial charge in [-0.25, -0.2) is 4.39 Å². The fourth-order valence-corrected chi connectivity index (χ4v) is 1.97. The molecule has 0 bridgehead atoms. The van der Waals surface area contributed by atoms with E-state index in [1.807, 2.05) is 6.07 Å². The molecule has 0 aromatic heterocycles. The SMILES string of the molecule is OCCC#Cc1ccc(CN2CCOCC2)c(F)c1. The average Bonchev–Trinajstić information content (AvgIpc) is 2.43. The highest BCUT2D eigenvalue weighted by atomic mass is 19.1. The van der Waals surface area contributed by atoms with E-state index in [0.717, 1.165) is 13.1 Å². The zero-order chi connectivity index (χ0) is 13.5. The molecule has 1 aromatic carbocycles. The van der Waals surface area contributed by atoms with Crippen LogP contribution >= 0.6 is 0 Å². The second-order valence-electron chi connectivity index (χ2n) is 4.47. The van der Waals surface area contributed by atoms with Gasteiger partial charge in [0, 0.05) is 37.2 Å². The molecule has 4 heteroatoms. The largest absolute Gasteiger partial charge is 0.395 e. The first kappa shape index (κ1) is 14.0. The van der Waals surface area contributed by atoms with Gasteiger partial charge in [-0.2, -0.15) is 0 Å². The monoisotopic (exact) mass is 263 g/mol. The molecule has 1 aliphatic heterocycles. The third-order valence-electron chi connectivity index (χ3n) is 3.02. The maximum atomic E-state index is 13.9. The van der Waals surface area contributed by atoms with Crippen LogP contribution in [-0.4, -0.2) is 42.9 Å². The van der Waals surface area contributed by atoms with Crippen molar-refractivity contribution in [1.82, 2.24) is 4.90 Å². The number of aliphatic hydroxyl groups is 1. The van der Waals surface area contributed by atoms with Crippen LogP contribution in [0.3, 0.4) is 0 Å². The molecule has 102 valence electrons. The van der Waals surface area contributed by atoms with Crippen molar-refractivity contribution in [2.45, 2.75) is 13.0 Å². The summed E-state index contributed by atoms with van der Waals surface area (Å²) in [5.74, 6) is 5.40. The zero-order valence-electron chi connectivity index (χ0n) is 10.9. The third kappa shape index (κ3) is 4.32. The van der Waals surface area contributed by atoms with Gasteiger partial charge in [-0.3, -0.25) is 4.90 Å². The van der Waals surface area contributed by atoms with E-state index < -0.39 is 0 Å². The van der Waals surface area contributed by atoms with E-state index in [1.54, 1.807) is 6.07 Å². The number of hydrogen-bond acceptors (Lipinski definition) is 3. The van der Waals surface area contributed by atoms with Crippen LogP contribution in [0.4, 0.5) is 4.39 Å². The lowest BCUT2D eigenvalue weighted by Gasteiger charge is -2.26. The van der Waals surface area contributed by atoms with E-state index in [-0.39, 0.29) is 12.4 Å². The molecule has 1 fully saturated rings. The molecule has 0 saturated carbocycles. The van der Waals surface area contributed by atoms with Crippen molar-refractivity contribution < 1.29 is 14.2 Å². The summed E-state index contributed by atoms with van der Waals surface area (Å²) >= 11 is 0. The molecule has 0 radical (unpaired) electrons. The highest BCUT2D eigenvalue weighted by Crippen LogP contribution is 2.13. The van der Waals surface area contributed by atoms with E-state index in [9.17, 15) is 4.39 Å². The first-order chi connectivity index (χ1) is 9.29. The number of nitrogens with zero attached hydrogens (tertiary/aromatic N) is 1. The molecule has 0 aliphatic carbocycles. The summed E-state index contributed by atoms with van der Waals surface area (Å²) in [5, 5.41) is 8.63. The van der Waals surface area contributed by atoms with E-state index in [0.29, 0.717) is 37.3 Å². The van der Waals surface area contributed by atoms with E-state index in [2.05, 4.69) is 16.7 Å². The third-order valence-corrected chi connectivity index (χ3v) is 3.02. The van der Waals surface area contributed by atoms with Crippen LogP contribution in [-0.2, 0) is 11.3 Å². The quantitative estimate of drug-likeness (QED) is 0.837. The number of benzene rings is 1. The van der Waals surface area contributed by atoms with Crippen LogP contribution < -0.4 is 0 Å². The summed E-state index contributed by atoms with van der Waals surface area (Å²) < 4.78 is 19.2. The normalized spacial score (nSPS) is 15.9. The van der Waals surface area contributed by atoms with Gasteiger partial charge in [0.1, 0.15) is 5.82 Å². The number of rotatable bonds is 3. The van der Waals surface area contributed by atoms with E-state index in [1.165, 1.54) is 6.07 Å². The molecule has 2 rings (SSSR count). The van der Waals surface area contributed by atoms with Gasteiger partial charge in [-0.15, -0.1) is 0 Å². The maximum absolute atomic E-state index is 13.9. The number of hydrogen-bond donors (Lipinski definition) is 1. The fourth-order valence-electron chi connectivity index (χ4n) is 1.97. The molecule has 1 N–H and O–H groups in total. The topological polar surface area (TPSA) is 32.7 Å². The standard InChI is InChI=1S/C15H18FNO2/c16-15-11-13(3-1-2-8-18)4-5-14(15)12-17-6-9-19-10-7-17/h4-5,11,18H,2,6-10,12H2. The van der Waals surface area contributed by atoms with Gasteiger partial charge >= 0.3 is 0 Å². The molecule has 0 spiro atoms. The second kappa shape index (κ2) is 7.25. The minimum atomic E-state index is -0.220. The predicted octanol–water partition coefficient (Wildman–Crippen LogP) is 1.39. The Hall–Kier alpha value is -1.41. The number of halogens is 1. The first-order valence-electron chi connectivity index (χ1n) is 6.48. The Balaban J connectivity index is 2.00. The Kier molecular flexibility index (Phi) is 5.34. The smallest absolute Gasteiger partial charge is 0.128 e. The maximum Gasteiger partial charge on any atom is 0.128 e. The molecule has 1 aromatic rings. The molecular weight excluding hydrogens is 245 g/mol. The van der Waals surface area contributed by atoms with Gasteiger partial charge in [0.05, 0.1) is 19.8 Å². The minimum absolute atomic E-state index is 0.0323. The molecule has 1 saturated heterocycles. The lowest BCUT2D eigenvalue weighted by molar-refractivity contribution is 0.0337. The van der Waals surface area contributed by atoms with Crippen molar-refractivity contribution in [2.24, 2.45) is 0 Å². The number of morpholine rings is 1. The highest BCUT2D eigenvalue weighted by molar-refractivity contribution is 5.37. The van der Waals surface area contributed by atoms with Crippen molar-refractivity contribution in [3.05, 3.63) is 35.1 Å². The van der Waals surface area contributed by atoms with Crippen LogP contribution in [0.2, 0.25) is 0 Å². The predicted molar refractivity (Wildman–Crippen MR) is 71.1 cm³/mol. The molecule has 19 heavy (non-hydrogen) atoms. The van der Waals surface area contributed by atoms with Crippen LogP contribution in [0.15, 0.2) is 18.2 Å². The fraction of sp³-hybridized carbons (Fsp3) is 0.467. The van der Waals surface area contributed by atoms with Crippen molar-refractivity contribution in [1.29, 1.82) is 0 Å². The number of aliphatic hydroxyl groups excluding tert-OH is 1. The van der Waals surface area contributed by atoms with E-state index >= 15 is 0 Å². The average molecular weight is 263 g/mol. The Morgan fingerprint density at radius 1 is 1.32 bits per heavy atom. The lowest BCUT2D eigenvalue weighted by Crippen LogP contribution is -2.35. The van der Waals surface area contributed by atoms with Gasteiger partial charge < -0.3 is 9.84 Å². The van der Waals surface area contributed by atoms with Crippen molar-refractivity contribution in [2.75, 3.05) is 32.9 Å². The molecule has 0 unspecified atom stereocenters. The highest BCUT2D eigenvalue weighted by Gasteiger charge is 2.12. The second-order valence-corrected chi connectivity index (χ2v) is 4.47. The molecule has 1 heterocycles. The van der Waals surface area contributed by atoms with Crippen LogP contribution in [0.5, 0.6) is 0 Å². The van der Waals surface area contributed by atoms with E-state index in [4.69, 9.17) is 9.84 Å². The van der Waals surface area contributed by atoms with Crippen LogP contribution in [0.25, 0.3) is 0 Å². The van der Waals surface area contributed by atoms with Crippen LogP contribution in [0, 0.1) is 17.7 Å². The summed E-state index contributed by atoms with van der Waals surface area (Å²) in [5.41, 5.74) is 1.34. The summed E-state index contributed by atoms with van der Waals surface area (Å²) in [4.78, 5) is 2.18. The molecule has 3 nitrogen and oxygen atoms in total. The van der Waals surface area contributed by atoms with Gasteiger partial charge in [0.2, 0.25) is 0 Å².